The summed E-state index contributed by atoms with van der Waals surface area (Å²) in [5.74, 6) is -0.460. The molecule has 0 bridgehead atoms. The second-order valence-corrected chi connectivity index (χ2v) is 8.52. The number of nitrogens with zero attached hydrogens (tertiary/aromatic N) is 3. The van der Waals surface area contributed by atoms with Crippen LogP contribution in [-0.2, 0) is 0 Å². The summed E-state index contributed by atoms with van der Waals surface area (Å²) in [6, 6.07) is 27.7. The highest BCUT2D eigenvalue weighted by atomic mass is 16.6. The summed E-state index contributed by atoms with van der Waals surface area (Å²) in [5.41, 5.74) is 6.46. The largest absolute Gasteiger partial charge is 0.316 e. The molecule has 176 valence electrons. The van der Waals surface area contributed by atoms with Gasteiger partial charge in [-0.25, -0.2) is 9.97 Å². The van der Waals surface area contributed by atoms with Gasteiger partial charge in [-0.15, -0.1) is 0 Å². The monoisotopic (exact) mass is 474 g/mol. The number of hydrogen-bond donors (Lipinski definition) is 1. The first kappa shape index (κ1) is 22.9. The van der Waals surface area contributed by atoms with Gasteiger partial charge in [-0.1, -0.05) is 60.7 Å². The molecule has 0 atom stereocenters. The Bertz CT molecular complexity index is 1620. The molecule has 0 aliphatic rings. The standard InChI is InChI=1S/C29H22N4O3/c1-18-15-25(26(33(35)36)16-19(18)2)32-29(34)22-13-14-23-24(17-22)31-28(21-11-7-4-8-12-21)27(30-23)20-9-5-3-6-10-20/h3-17H,1-2H3,(H,32,34). The molecule has 0 saturated heterocycles. The maximum atomic E-state index is 13.1. The van der Waals surface area contributed by atoms with Crippen molar-refractivity contribution in [3.63, 3.8) is 0 Å². The number of aromatic nitrogens is 2. The Labute approximate surface area is 207 Å². The van der Waals surface area contributed by atoms with E-state index in [1.807, 2.05) is 67.6 Å². The first-order chi connectivity index (χ1) is 17.4. The zero-order chi connectivity index (χ0) is 25.2. The lowest BCUT2D eigenvalue weighted by molar-refractivity contribution is -0.384. The highest BCUT2D eigenvalue weighted by Gasteiger charge is 2.19. The van der Waals surface area contributed by atoms with Crippen molar-refractivity contribution in [2.45, 2.75) is 13.8 Å². The Kier molecular flexibility index (Phi) is 5.96. The van der Waals surface area contributed by atoms with Crippen LogP contribution in [0.4, 0.5) is 11.4 Å². The Morgan fingerprint density at radius 1 is 0.750 bits per heavy atom. The molecule has 5 rings (SSSR count). The van der Waals surface area contributed by atoms with Gasteiger partial charge in [-0.05, 0) is 49.2 Å². The third kappa shape index (κ3) is 4.42. The van der Waals surface area contributed by atoms with Crippen molar-refractivity contribution in [2.24, 2.45) is 0 Å². The summed E-state index contributed by atoms with van der Waals surface area (Å²) in [6.45, 7) is 3.64. The number of nitrogens with one attached hydrogen (secondary N) is 1. The van der Waals surface area contributed by atoms with Crippen LogP contribution < -0.4 is 5.32 Å². The molecule has 7 heteroatoms. The van der Waals surface area contributed by atoms with E-state index in [0.29, 0.717) is 22.3 Å². The molecule has 1 heterocycles. The molecule has 1 amide bonds. The second-order valence-electron chi connectivity index (χ2n) is 8.52. The molecule has 36 heavy (non-hydrogen) atoms. The predicted molar refractivity (Wildman–Crippen MR) is 141 cm³/mol. The highest BCUT2D eigenvalue weighted by molar-refractivity contribution is 6.07. The number of amides is 1. The van der Waals surface area contributed by atoms with Crippen molar-refractivity contribution in [3.05, 3.63) is 118 Å². The van der Waals surface area contributed by atoms with Gasteiger partial charge in [0, 0.05) is 22.8 Å². The minimum Gasteiger partial charge on any atom is -0.316 e. The molecule has 0 spiro atoms. The fourth-order valence-corrected chi connectivity index (χ4v) is 4.04. The Morgan fingerprint density at radius 2 is 1.31 bits per heavy atom. The summed E-state index contributed by atoms with van der Waals surface area (Å²) in [7, 11) is 0. The smallest absolute Gasteiger partial charge is 0.293 e. The SMILES string of the molecule is Cc1cc(NC(=O)c2ccc3nc(-c4ccccc4)c(-c4ccccc4)nc3c2)c([N+](=O)[O-])cc1C. The van der Waals surface area contributed by atoms with Gasteiger partial charge >= 0.3 is 0 Å². The molecule has 1 N–H and O–H groups in total. The van der Waals surface area contributed by atoms with Crippen LogP contribution in [-0.4, -0.2) is 20.8 Å². The van der Waals surface area contributed by atoms with Gasteiger partial charge in [0.2, 0.25) is 0 Å². The third-order valence-corrected chi connectivity index (χ3v) is 6.08. The second kappa shape index (κ2) is 9.38. The molecule has 0 unspecified atom stereocenters. The van der Waals surface area contributed by atoms with Gasteiger partial charge in [-0.2, -0.15) is 0 Å². The Hall–Kier alpha value is -4.91. The number of rotatable bonds is 5. The van der Waals surface area contributed by atoms with Gasteiger partial charge < -0.3 is 5.32 Å². The lowest BCUT2D eigenvalue weighted by Gasteiger charge is -2.12. The maximum absolute atomic E-state index is 13.1. The van der Waals surface area contributed by atoms with Crippen LogP contribution in [0.2, 0.25) is 0 Å². The van der Waals surface area contributed by atoms with Gasteiger partial charge in [-0.3, -0.25) is 14.9 Å². The normalized spacial score (nSPS) is 10.8. The van der Waals surface area contributed by atoms with Crippen molar-refractivity contribution in [2.75, 3.05) is 5.32 Å². The molecule has 4 aromatic carbocycles. The zero-order valence-corrected chi connectivity index (χ0v) is 19.7. The molecular weight excluding hydrogens is 452 g/mol. The third-order valence-electron chi connectivity index (χ3n) is 6.08. The van der Waals surface area contributed by atoms with Crippen LogP contribution in [0.15, 0.2) is 91.0 Å². The predicted octanol–water partition coefficient (Wildman–Crippen LogP) is 6.74. The van der Waals surface area contributed by atoms with E-state index >= 15 is 0 Å². The van der Waals surface area contributed by atoms with E-state index in [2.05, 4.69) is 5.32 Å². The molecule has 0 radical (unpaired) electrons. The van der Waals surface area contributed by atoms with Crippen LogP contribution in [0.25, 0.3) is 33.5 Å². The summed E-state index contributed by atoms with van der Waals surface area (Å²) in [4.78, 5) is 33.9. The number of benzene rings is 4. The van der Waals surface area contributed by atoms with E-state index in [0.717, 1.165) is 27.9 Å². The number of anilines is 1. The lowest BCUT2D eigenvalue weighted by Crippen LogP contribution is -2.13. The van der Waals surface area contributed by atoms with E-state index in [9.17, 15) is 14.9 Å². The molecular formula is C29H22N4O3. The number of nitro groups is 1. The van der Waals surface area contributed by atoms with Crippen molar-refractivity contribution < 1.29 is 9.72 Å². The minimum atomic E-state index is -0.495. The Balaban J connectivity index is 1.58. The van der Waals surface area contributed by atoms with Gasteiger partial charge in [0.05, 0.1) is 27.3 Å². The first-order valence-electron chi connectivity index (χ1n) is 11.4. The first-order valence-corrected chi connectivity index (χ1v) is 11.4. The quantitative estimate of drug-likeness (QED) is 0.225. The van der Waals surface area contributed by atoms with E-state index in [-0.39, 0.29) is 11.4 Å². The summed E-state index contributed by atoms with van der Waals surface area (Å²) < 4.78 is 0. The molecule has 7 nitrogen and oxygen atoms in total. The molecule has 5 aromatic rings. The van der Waals surface area contributed by atoms with E-state index in [1.54, 1.807) is 31.2 Å². The van der Waals surface area contributed by atoms with E-state index in [4.69, 9.17) is 9.97 Å². The fourth-order valence-electron chi connectivity index (χ4n) is 4.04. The van der Waals surface area contributed by atoms with E-state index in [1.165, 1.54) is 6.07 Å². The van der Waals surface area contributed by atoms with Gasteiger partial charge in [0.15, 0.2) is 0 Å². The van der Waals surface area contributed by atoms with Gasteiger partial charge in [0.1, 0.15) is 5.69 Å². The molecule has 0 saturated carbocycles. The van der Waals surface area contributed by atoms with Crippen molar-refractivity contribution in [3.8, 4) is 22.5 Å². The topological polar surface area (TPSA) is 98.0 Å². The molecule has 0 aliphatic carbocycles. The van der Waals surface area contributed by atoms with Crippen LogP contribution >= 0.6 is 0 Å². The number of carbonyl (C=O) groups is 1. The van der Waals surface area contributed by atoms with Crippen molar-refractivity contribution >= 4 is 28.3 Å². The van der Waals surface area contributed by atoms with E-state index < -0.39 is 10.8 Å². The van der Waals surface area contributed by atoms with Crippen molar-refractivity contribution in [1.82, 2.24) is 9.97 Å². The summed E-state index contributed by atoms with van der Waals surface area (Å²) in [6.07, 6.45) is 0. The molecule has 0 aliphatic heterocycles. The Morgan fingerprint density at radius 3 is 1.89 bits per heavy atom. The number of aryl methyl sites for hydroxylation is 2. The van der Waals surface area contributed by atoms with Crippen molar-refractivity contribution in [1.29, 1.82) is 0 Å². The lowest BCUT2D eigenvalue weighted by atomic mass is 10.0. The average Bonchev–Trinajstić information content (AvgIpc) is 2.90. The number of carbonyl (C=O) groups excluding carboxylic acids is 1. The molecule has 1 aromatic heterocycles. The van der Waals surface area contributed by atoms with Crippen LogP contribution in [0.1, 0.15) is 21.5 Å². The van der Waals surface area contributed by atoms with Crippen LogP contribution in [0, 0.1) is 24.0 Å². The number of fused-ring (bicyclic) bond motifs is 1. The average molecular weight is 475 g/mol. The summed E-state index contributed by atoms with van der Waals surface area (Å²) in [5, 5.41) is 14.2. The fraction of sp³-hybridized carbons (Fsp3) is 0.0690. The summed E-state index contributed by atoms with van der Waals surface area (Å²) >= 11 is 0. The number of nitro benzene ring substituents is 1. The number of hydrogen-bond acceptors (Lipinski definition) is 5. The maximum Gasteiger partial charge on any atom is 0.293 e. The highest BCUT2D eigenvalue weighted by Crippen LogP contribution is 2.32. The van der Waals surface area contributed by atoms with Gasteiger partial charge in [0.25, 0.3) is 11.6 Å². The molecule has 0 fully saturated rings. The van der Waals surface area contributed by atoms with Crippen LogP contribution in [0.3, 0.4) is 0 Å². The minimum absolute atomic E-state index is 0.147. The van der Waals surface area contributed by atoms with Crippen LogP contribution in [0.5, 0.6) is 0 Å². The zero-order valence-electron chi connectivity index (χ0n) is 19.7.